The average molecular weight is 406 g/mol. The van der Waals surface area contributed by atoms with Gasteiger partial charge in [0.1, 0.15) is 5.75 Å². The zero-order valence-electron chi connectivity index (χ0n) is 16.6. The van der Waals surface area contributed by atoms with Crippen LogP contribution in [0.3, 0.4) is 0 Å². The van der Waals surface area contributed by atoms with Crippen LogP contribution in [0.1, 0.15) is 36.6 Å². The van der Waals surface area contributed by atoms with Crippen LogP contribution in [0.2, 0.25) is 5.02 Å². The van der Waals surface area contributed by atoms with E-state index in [4.69, 9.17) is 16.3 Å². The number of rotatable bonds is 7. The van der Waals surface area contributed by atoms with E-state index in [9.17, 15) is 4.79 Å². The summed E-state index contributed by atoms with van der Waals surface area (Å²) in [6.45, 7) is 4.54. The lowest BCUT2D eigenvalue weighted by atomic mass is 10.0. The molecule has 0 fully saturated rings. The first-order chi connectivity index (χ1) is 14.1. The zero-order chi connectivity index (χ0) is 20.6. The smallest absolute Gasteiger partial charge is 0.252 e. The van der Waals surface area contributed by atoms with Crippen LogP contribution in [0.4, 0.5) is 0 Å². The SMILES string of the molecule is CCOc1ccc(C(C)NC(=O)/C(=C/c2ccccc2Cl)c2ccccc2)cc1. The number of hydrogen-bond donors (Lipinski definition) is 1. The highest BCUT2D eigenvalue weighted by Crippen LogP contribution is 2.25. The van der Waals surface area contributed by atoms with Gasteiger partial charge in [0, 0.05) is 10.6 Å². The number of nitrogens with one attached hydrogen (secondary N) is 1. The third kappa shape index (κ3) is 5.49. The molecule has 0 saturated heterocycles. The maximum atomic E-state index is 13.2. The highest BCUT2D eigenvalue weighted by atomic mass is 35.5. The number of benzene rings is 3. The van der Waals surface area contributed by atoms with E-state index in [-0.39, 0.29) is 11.9 Å². The van der Waals surface area contributed by atoms with Crippen LogP contribution in [-0.2, 0) is 4.79 Å². The molecule has 0 aromatic heterocycles. The Morgan fingerprint density at radius 1 is 1.00 bits per heavy atom. The van der Waals surface area contributed by atoms with Crippen LogP contribution in [0.5, 0.6) is 5.75 Å². The van der Waals surface area contributed by atoms with Crippen molar-refractivity contribution in [1.82, 2.24) is 5.32 Å². The van der Waals surface area contributed by atoms with Crippen LogP contribution >= 0.6 is 11.6 Å². The van der Waals surface area contributed by atoms with Crippen molar-refractivity contribution in [3.05, 3.63) is 101 Å². The molecule has 1 unspecified atom stereocenters. The second-order valence-electron chi connectivity index (χ2n) is 6.64. The van der Waals surface area contributed by atoms with E-state index in [1.165, 1.54) is 0 Å². The molecule has 0 saturated carbocycles. The fourth-order valence-electron chi connectivity index (χ4n) is 3.02. The van der Waals surface area contributed by atoms with Crippen LogP contribution < -0.4 is 10.1 Å². The Morgan fingerprint density at radius 3 is 2.31 bits per heavy atom. The lowest BCUT2D eigenvalue weighted by Crippen LogP contribution is -2.27. The molecule has 1 atom stereocenters. The molecule has 148 valence electrons. The highest BCUT2D eigenvalue weighted by molar-refractivity contribution is 6.33. The quantitative estimate of drug-likeness (QED) is 0.377. The van der Waals surface area contributed by atoms with E-state index >= 15 is 0 Å². The predicted octanol–water partition coefficient (Wildman–Crippen LogP) is 6.16. The molecule has 29 heavy (non-hydrogen) atoms. The number of amides is 1. The molecule has 4 heteroatoms. The number of ether oxygens (including phenoxy) is 1. The fraction of sp³-hybridized carbons (Fsp3) is 0.160. The Labute approximate surface area is 177 Å². The lowest BCUT2D eigenvalue weighted by Gasteiger charge is -2.17. The van der Waals surface area contributed by atoms with Crippen molar-refractivity contribution < 1.29 is 9.53 Å². The van der Waals surface area contributed by atoms with Crippen LogP contribution in [-0.4, -0.2) is 12.5 Å². The van der Waals surface area contributed by atoms with E-state index in [0.29, 0.717) is 17.2 Å². The molecule has 0 aliphatic carbocycles. The summed E-state index contributed by atoms with van der Waals surface area (Å²) in [4.78, 5) is 13.2. The van der Waals surface area contributed by atoms with Crippen molar-refractivity contribution in [3.8, 4) is 5.75 Å². The molecule has 3 aromatic carbocycles. The third-order valence-corrected chi connectivity index (χ3v) is 4.92. The summed E-state index contributed by atoms with van der Waals surface area (Å²) in [5, 5.41) is 3.70. The van der Waals surface area contributed by atoms with Crippen molar-refractivity contribution in [2.45, 2.75) is 19.9 Å². The first-order valence-electron chi connectivity index (χ1n) is 9.63. The summed E-state index contributed by atoms with van der Waals surface area (Å²) in [5.41, 5.74) is 3.21. The van der Waals surface area contributed by atoms with Gasteiger partial charge in [0.2, 0.25) is 0 Å². The zero-order valence-corrected chi connectivity index (χ0v) is 17.3. The maximum Gasteiger partial charge on any atom is 0.252 e. The average Bonchev–Trinajstić information content (AvgIpc) is 2.74. The number of hydrogen-bond acceptors (Lipinski definition) is 2. The van der Waals surface area contributed by atoms with Crippen molar-refractivity contribution in [2.24, 2.45) is 0 Å². The second kappa shape index (κ2) is 9.94. The predicted molar refractivity (Wildman–Crippen MR) is 120 cm³/mol. The standard InChI is InChI=1S/C25H24ClNO2/c1-3-29-22-15-13-19(14-16-22)18(2)27-25(28)23(20-9-5-4-6-10-20)17-21-11-7-8-12-24(21)26/h4-18H,3H2,1-2H3,(H,27,28)/b23-17+. The summed E-state index contributed by atoms with van der Waals surface area (Å²) in [7, 11) is 0. The minimum absolute atomic E-state index is 0.155. The van der Waals surface area contributed by atoms with Gasteiger partial charge in [-0.3, -0.25) is 4.79 Å². The Balaban J connectivity index is 1.86. The fourth-order valence-corrected chi connectivity index (χ4v) is 3.21. The van der Waals surface area contributed by atoms with E-state index in [2.05, 4.69) is 5.32 Å². The molecule has 0 aliphatic heterocycles. The molecule has 0 heterocycles. The van der Waals surface area contributed by atoms with Crippen LogP contribution in [0.25, 0.3) is 11.6 Å². The topological polar surface area (TPSA) is 38.3 Å². The van der Waals surface area contributed by atoms with Crippen molar-refractivity contribution in [1.29, 1.82) is 0 Å². The van der Waals surface area contributed by atoms with Gasteiger partial charge in [-0.05, 0) is 54.8 Å². The Bertz CT molecular complexity index is 981. The van der Waals surface area contributed by atoms with Gasteiger partial charge in [0.25, 0.3) is 5.91 Å². The van der Waals surface area contributed by atoms with E-state index in [1.807, 2.05) is 98.8 Å². The summed E-state index contributed by atoms with van der Waals surface area (Å²) < 4.78 is 5.49. The Kier molecular flexibility index (Phi) is 7.09. The lowest BCUT2D eigenvalue weighted by molar-refractivity contribution is -0.116. The van der Waals surface area contributed by atoms with Crippen molar-refractivity contribution in [2.75, 3.05) is 6.61 Å². The van der Waals surface area contributed by atoms with Gasteiger partial charge in [-0.25, -0.2) is 0 Å². The van der Waals surface area contributed by atoms with Gasteiger partial charge in [-0.15, -0.1) is 0 Å². The first-order valence-corrected chi connectivity index (χ1v) is 10.0. The Hall–Kier alpha value is -3.04. The second-order valence-corrected chi connectivity index (χ2v) is 7.05. The highest BCUT2D eigenvalue weighted by Gasteiger charge is 2.16. The minimum Gasteiger partial charge on any atom is -0.494 e. The largest absolute Gasteiger partial charge is 0.494 e. The number of carbonyl (C=O) groups excluding carboxylic acids is 1. The molecule has 1 N–H and O–H groups in total. The molecule has 0 radical (unpaired) electrons. The summed E-state index contributed by atoms with van der Waals surface area (Å²) in [6, 6.07) is 24.7. The molecule has 3 aromatic rings. The minimum atomic E-state index is -0.156. The monoisotopic (exact) mass is 405 g/mol. The summed E-state index contributed by atoms with van der Waals surface area (Å²) in [5.74, 6) is 0.663. The van der Waals surface area contributed by atoms with Gasteiger partial charge < -0.3 is 10.1 Å². The van der Waals surface area contributed by atoms with Gasteiger partial charge >= 0.3 is 0 Å². The molecule has 0 aliphatic rings. The van der Waals surface area contributed by atoms with E-state index in [0.717, 1.165) is 22.4 Å². The van der Waals surface area contributed by atoms with E-state index in [1.54, 1.807) is 0 Å². The maximum absolute atomic E-state index is 13.2. The first kappa shape index (κ1) is 20.7. The van der Waals surface area contributed by atoms with Gasteiger partial charge in [0.05, 0.1) is 12.6 Å². The van der Waals surface area contributed by atoms with Gasteiger partial charge in [-0.2, -0.15) is 0 Å². The van der Waals surface area contributed by atoms with Crippen molar-refractivity contribution >= 4 is 29.2 Å². The van der Waals surface area contributed by atoms with Crippen LogP contribution in [0.15, 0.2) is 78.9 Å². The molecule has 1 amide bonds. The molecule has 3 nitrogen and oxygen atoms in total. The Morgan fingerprint density at radius 2 is 1.66 bits per heavy atom. The number of halogens is 1. The summed E-state index contributed by atoms with van der Waals surface area (Å²) >= 11 is 6.31. The van der Waals surface area contributed by atoms with Crippen molar-refractivity contribution in [3.63, 3.8) is 0 Å². The molecule has 3 rings (SSSR count). The molecule has 0 bridgehead atoms. The molecular weight excluding hydrogens is 382 g/mol. The van der Waals surface area contributed by atoms with E-state index < -0.39 is 0 Å². The van der Waals surface area contributed by atoms with Crippen LogP contribution in [0, 0.1) is 0 Å². The normalized spacial score (nSPS) is 12.3. The third-order valence-electron chi connectivity index (χ3n) is 4.57. The molecule has 0 spiro atoms. The number of carbonyl (C=O) groups is 1. The molecular formula is C25H24ClNO2. The van der Waals surface area contributed by atoms with Gasteiger partial charge in [0.15, 0.2) is 0 Å². The summed E-state index contributed by atoms with van der Waals surface area (Å²) in [6.07, 6.45) is 1.83. The van der Waals surface area contributed by atoms with Gasteiger partial charge in [-0.1, -0.05) is 72.3 Å².